The van der Waals surface area contributed by atoms with Gasteiger partial charge in [-0.05, 0) is 24.6 Å². The number of hydrogen-bond acceptors (Lipinski definition) is 7. The fourth-order valence-electron chi connectivity index (χ4n) is 2.25. The van der Waals surface area contributed by atoms with Gasteiger partial charge >= 0.3 is 0 Å². The summed E-state index contributed by atoms with van der Waals surface area (Å²) >= 11 is 0. The molecule has 0 saturated heterocycles. The molecule has 0 unspecified atom stereocenters. The number of aryl methyl sites for hydroxylation is 1. The minimum atomic E-state index is 0.286. The number of methoxy groups -OCH3 is 1. The van der Waals surface area contributed by atoms with Crippen LogP contribution in [0.1, 0.15) is 11.3 Å². The van der Waals surface area contributed by atoms with Gasteiger partial charge in [0.25, 0.3) is 0 Å². The zero-order valence-corrected chi connectivity index (χ0v) is 13.3. The van der Waals surface area contributed by atoms with Crippen LogP contribution in [0.5, 0.6) is 11.5 Å². The first-order valence-electron chi connectivity index (χ1n) is 7.45. The number of rotatable bonds is 7. The normalized spacial score (nSPS) is 12.3. The summed E-state index contributed by atoms with van der Waals surface area (Å²) in [5.41, 5.74) is 1.99. The summed E-state index contributed by atoms with van der Waals surface area (Å²) in [6, 6.07) is 7.81. The van der Waals surface area contributed by atoms with Crippen LogP contribution in [0.25, 0.3) is 0 Å². The quantitative estimate of drug-likeness (QED) is 0.758. The molecule has 0 saturated carbocycles. The maximum absolute atomic E-state index is 5.39. The minimum absolute atomic E-state index is 0.286. The number of anilines is 2. The third-order valence-corrected chi connectivity index (χ3v) is 3.35. The van der Waals surface area contributed by atoms with Crippen molar-refractivity contribution in [3.63, 3.8) is 0 Å². The number of benzene rings is 1. The molecule has 122 valence electrons. The highest BCUT2D eigenvalue weighted by Gasteiger charge is 2.13. The molecule has 0 atom stereocenters. The molecule has 0 aliphatic carbocycles. The number of ether oxygens (including phenoxy) is 3. The fourth-order valence-corrected chi connectivity index (χ4v) is 2.25. The molecular weight excluding hydrogens is 296 g/mol. The van der Waals surface area contributed by atoms with Crippen molar-refractivity contribution in [2.45, 2.75) is 13.5 Å². The highest BCUT2D eigenvalue weighted by atomic mass is 16.7. The van der Waals surface area contributed by atoms with Crippen molar-refractivity contribution in [2.75, 3.05) is 37.7 Å². The molecule has 0 fully saturated rings. The number of aromatic nitrogens is 2. The van der Waals surface area contributed by atoms with Crippen LogP contribution in [0, 0.1) is 6.92 Å². The Labute approximate surface area is 135 Å². The molecule has 1 aliphatic rings. The summed E-state index contributed by atoms with van der Waals surface area (Å²) < 4.78 is 15.7. The molecule has 23 heavy (non-hydrogen) atoms. The van der Waals surface area contributed by atoms with Crippen LogP contribution < -0.4 is 20.1 Å². The summed E-state index contributed by atoms with van der Waals surface area (Å²) in [6.07, 6.45) is 0. The molecule has 2 N–H and O–H groups in total. The van der Waals surface area contributed by atoms with E-state index in [0.717, 1.165) is 28.6 Å². The molecule has 0 radical (unpaired) electrons. The SMILES string of the molecule is COCCNc1nc(C)cc(NCc2ccc3c(c2)OCO3)n1. The van der Waals surface area contributed by atoms with E-state index in [1.54, 1.807) is 7.11 Å². The first-order valence-corrected chi connectivity index (χ1v) is 7.45. The molecule has 1 aliphatic heterocycles. The van der Waals surface area contributed by atoms with Crippen LogP contribution in [0.3, 0.4) is 0 Å². The van der Waals surface area contributed by atoms with Gasteiger partial charge in [0.1, 0.15) is 5.82 Å². The number of nitrogens with one attached hydrogen (secondary N) is 2. The Morgan fingerprint density at radius 1 is 1.13 bits per heavy atom. The van der Waals surface area contributed by atoms with Gasteiger partial charge in [-0.2, -0.15) is 4.98 Å². The molecule has 0 bridgehead atoms. The Kier molecular flexibility index (Phi) is 4.77. The van der Waals surface area contributed by atoms with E-state index in [1.807, 2.05) is 31.2 Å². The molecule has 3 rings (SSSR count). The standard InChI is InChI=1S/C16H20N4O3/c1-11-7-15(20-16(19-11)17-5-6-21-2)18-9-12-3-4-13-14(8-12)23-10-22-13/h3-4,7-8H,5-6,9-10H2,1-2H3,(H2,17,18,19,20). The first kappa shape index (κ1) is 15.4. The average molecular weight is 316 g/mol. The van der Waals surface area contributed by atoms with Crippen LogP contribution in [0.15, 0.2) is 24.3 Å². The van der Waals surface area contributed by atoms with E-state index in [9.17, 15) is 0 Å². The van der Waals surface area contributed by atoms with Crippen molar-refractivity contribution < 1.29 is 14.2 Å². The lowest BCUT2D eigenvalue weighted by molar-refractivity contribution is 0.174. The van der Waals surface area contributed by atoms with E-state index in [4.69, 9.17) is 14.2 Å². The lowest BCUT2D eigenvalue weighted by Crippen LogP contribution is -2.12. The van der Waals surface area contributed by atoms with Crippen molar-refractivity contribution in [2.24, 2.45) is 0 Å². The van der Waals surface area contributed by atoms with E-state index in [0.29, 0.717) is 25.6 Å². The third kappa shape index (κ3) is 4.01. The van der Waals surface area contributed by atoms with Crippen molar-refractivity contribution in [1.82, 2.24) is 9.97 Å². The maximum atomic E-state index is 5.39. The van der Waals surface area contributed by atoms with Gasteiger partial charge in [0.15, 0.2) is 11.5 Å². The van der Waals surface area contributed by atoms with Crippen LogP contribution in [-0.2, 0) is 11.3 Å². The lowest BCUT2D eigenvalue weighted by Gasteiger charge is -2.10. The minimum Gasteiger partial charge on any atom is -0.454 e. The zero-order valence-electron chi connectivity index (χ0n) is 13.3. The van der Waals surface area contributed by atoms with Gasteiger partial charge in [-0.1, -0.05) is 6.07 Å². The van der Waals surface area contributed by atoms with E-state index < -0.39 is 0 Å². The summed E-state index contributed by atoms with van der Waals surface area (Å²) in [6.45, 7) is 4.15. The Morgan fingerprint density at radius 2 is 2.00 bits per heavy atom. The Bertz CT molecular complexity index is 678. The highest BCUT2D eigenvalue weighted by Crippen LogP contribution is 2.32. The molecular formula is C16H20N4O3. The average Bonchev–Trinajstić information content (AvgIpc) is 3.00. The summed E-state index contributed by atoms with van der Waals surface area (Å²) in [4.78, 5) is 8.80. The van der Waals surface area contributed by atoms with Gasteiger partial charge in [0, 0.05) is 32.0 Å². The monoisotopic (exact) mass is 316 g/mol. The van der Waals surface area contributed by atoms with Gasteiger partial charge in [0.05, 0.1) is 6.61 Å². The molecule has 1 aromatic carbocycles. The largest absolute Gasteiger partial charge is 0.454 e. The number of hydrogen-bond donors (Lipinski definition) is 2. The number of fused-ring (bicyclic) bond motifs is 1. The predicted molar refractivity (Wildman–Crippen MR) is 87.0 cm³/mol. The molecule has 2 aromatic rings. The van der Waals surface area contributed by atoms with Gasteiger partial charge in [-0.15, -0.1) is 0 Å². The Balaban J connectivity index is 1.63. The topological polar surface area (TPSA) is 77.5 Å². The fraction of sp³-hybridized carbons (Fsp3) is 0.375. The second-order valence-electron chi connectivity index (χ2n) is 5.18. The lowest BCUT2D eigenvalue weighted by atomic mass is 10.2. The third-order valence-electron chi connectivity index (χ3n) is 3.35. The molecule has 1 aromatic heterocycles. The Hall–Kier alpha value is -2.54. The van der Waals surface area contributed by atoms with Gasteiger partial charge in [-0.3, -0.25) is 0 Å². The zero-order chi connectivity index (χ0) is 16.1. The smallest absolute Gasteiger partial charge is 0.231 e. The molecule has 0 amide bonds. The van der Waals surface area contributed by atoms with E-state index in [2.05, 4.69) is 20.6 Å². The van der Waals surface area contributed by atoms with Crippen molar-refractivity contribution >= 4 is 11.8 Å². The molecule has 7 heteroatoms. The van der Waals surface area contributed by atoms with Crippen LogP contribution >= 0.6 is 0 Å². The van der Waals surface area contributed by atoms with Gasteiger partial charge in [0.2, 0.25) is 12.7 Å². The Morgan fingerprint density at radius 3 is 2.87 bits per heavy atom. The highest BCUT2D eigenvalue weighted by molar-refractivity contribution is 5.47. The summed E-state index contributed by atoms with van der Waals surface area (Å²) in [5.74, 6) is 2.94. The van der Waals surface area contributed by atoms with Crippen LogP contribution in [0.4, 0.5) is 11.8 Å². The van der Waals surface area contributed by atoms with E-state index in [1.165, 1.54) is 0 Å². The van der Waals surface area contributed by atoms with E-state index in [-0.39, 0.29) is 6.79 Å². The second kappa shape index (κ2) is 7.15. The van der Waals surface area contributed by atoms with E-state index >= 15 is 0 Å². The number of nitrogens with zero attached hydrogens (tertiary/aromatic N) is 2. The maximum Gasteiger partial charge on any atom is 0.231 e. The van der Waals surface area contributed by atoms with Crippen molar-refractivity contribution in [3.05, 3.63) is 35.5 Å². The molecule has 7 nitrogen and oxygen atoms in total. The van der Waals surface area contributed by atoms with Crippen LogP contribution in [-0.4, -0.2) is 37.0 Å². The molecule has 0 spiro atoms. The summed E-state index contributed by atoms with van der Waals surface area (Å²) in [7, 11) is 1.66. The molecule has 2 heterocycles. The van der Waals surface area contributed by atoms with Gasteiger partial charge < -0.3 is 24.8 Å². The van der Waals surface area contributed by atoms with Crippen molar-refractivity contribution in [1.29, 1.82) is 0 Å². The van der Waals surface area contributed by atoms with Crippen molar-refractivity contribution in [3.8, 4) is 11.5 Å². The van der Waals surface area contributed by atoms with Gasteiger partial charge in [-0.25, -0.2) is 4.98 Å². The second-order valence-corrected chi connectivity index (χ2v) is 5.18. The van der Waals surface area contributed by atoms with Crippen LogP contribution in [0.2, 0.25) is 0 Å². The first-order chi connectivity index (χ1) is 11.2. The predicted octanol–water partition coefficient (Wildman–Crippen LogP) is 2.18. The summed E-state index contributed by atoms with van der Waals surface area (Å²) in [5, 5.41) is 6.44.